The molecule has 0 saturated heterocycles. The van der Waals surface area contributed by atoms with E-state index in [0.717, 1.165) is 15.6 Å². The Bertz CT molecular complexity index is 1000. The van der Waals surface area contributed by atoms with Crippen molar-refractivity contribution in [1.82, 2.24) is 4.90 Å². The molecule has 0 aliphatic heterocycles. The lowest BCUT2D eigenvalue weighted by atomic mass is 10.2. The van der Waals surface area contributed by atoms with E-state index < -0.39 is 0 Å². The largest absolute Gasteiger partial charge is 0.497 e. The molecule has 0 spiro atoms. The minimum Gasteiger partial charge on any atom is -0.497 e. The first-order chi connectivity index (χ1) is 14.0. The maximum atomic E-state index is 13.3. The van der Waals surface area contributed by atoms with Crippen molar-refractivity contribution in [3.8, 4) is 5.75 Å². The van der Waals surface area contributed by atoms with Crippen LogP contribution >= 0.6 is 22.9 Å². The molecule has 1 aromatic heterocycles. The molecule has 0 atom stereocenters. The smallest absolute Gasteiger partial charge is 0.307 e. The molecule has 2 aromatic carbocycles. The van der Waals surface area contributed by atoms with E-state index in [1.807, 2.05) is 48.5 Å². The van der Waals surface area contributed by atoms with Gasteiger partial charge in [0.15, 0.2) is 0 Å². The second-order valence-electron chi connectivity index (χ2n) is 6.37. The Morgan fingerprint density at radius 3 is 2.59 bits per heavy atom. The van der Waals surface area contributed by atoms with E-state index in [4.69, 9.17) is 21.1 Å². The molecule has 0 bridgehead atoms. The molecule has 0 saturated carbocycles. The SMILES string of the molecule is CCOC(=O)CCN(Cc1ccccc1)C(=O)c1sc2cc(OC)ccc2c1Cl. The van der Waals surface area contributed by atoms with Gasteiger partial charge in [0.2, 0.25) is 0 Å². The number of methoxy groups -OCH3 is 1. The summed E-state index contributed by atoms with van der Waals surface area (Å²) in [7, 11) is 1.60. The van der Waals surface area contributed by atoms with Crippen molar-refractivity contribution in [3.63, 3.8) is 0 Å². The lowest BCUT2D eigenvalue weighted by molar-refractivity contribution is -0.143. The van der Waals surface area contributed by atoms with E-state index in [0.29, 0.717) is 28.8 Å². The van der Waals surface area contributed by atoms with Crippen molar-refractivity contribution in [2.75, 3.05) is 20.3 Å². The highest BCUT2D eigenvalue weighted by Crippen LogP contribution is 2.38. The summed E-state index contributed by atoms with van der Waals surface area (Å²) in [5.74, 6) is 0.173. The Balaban J connectivity index is 1.89. The van der Waals surface area contributed by atoms with E-state index in [9.17, 15) is 9.59 Å². The number of carbonyl (C=O) groups is 2. The third-order valence-electron chi connectivity index (χ3n) is 4.43. The first-order valence-corrected chi connectivity index (χ1v) is 10.5. The fourth-order valence-electron chi connectivity index (χ4n) is 2.97. The molecule has 7 heteroatoms. The van der Waals surface area contributed by atoms with Crippen LogP contribution in [0.3, 0.4) is 0 Å². The van der Waals surface area contributed by atoms with Gasteiger partial charge in [-0.25, -0.2) is 0 Å². The normalized spacial score (nSPS) is 10.7. The van der Waals surface area contributed by atoms with Crippen molar-refractivity contribution < 1.29 is 19.1 Å². The zero-order valence-corrected chi connectivity index (χ0v) is 17.9. The van der Waals surface area contributed by atoms with Crippen LogP contribution in [-0.2, 0) is 16.1 Å². The molecule has 0 aliphatic carbocycles. The Morgan fingerprint density at radius 2 is 1.90 bits per heavy atom. The maximum Gasteiger partial charge on any atom is 0.307 e. The molecule has 3 rings (SSSR count). The summed E-state index contributed by atoms with van der Waals surface area (Å²) in [4.78, 5) is 27.3. The number of nitrogens with zero attached hydrogens (tertiary/aromatic N) is 1. The molecule has 3 aromatic rings. The van der Waals surface area contributed by atoms with Gasteiger partial charge < -0.3 is 14.4 Å². The fourth-order valence-corrected chi connectivity index (χ4v) is 4.48. The average Bonchev–Trinajstić information content (AvgIpc) is 3.07. The van der Waals surface area contributed by atoms with Gasteiger partial charge in [0.1, 0.15) is 10.6 Å². The summed E-state index contributed by atoms with van der Waals surface area (Å²) in [6.07, 6.45) is 0.128. The number of benzene rings is 2. The van der Waals surface area contributed by atoms with Gasteiger partial charge in [-0.05, 0) is 30.7 Å². The Labute approximate surface area is 178 Å². The van der Waals surface area contributed by atoms with Gasteiger partial charge in [0, 0.05) is 23.2 Å². The topological polar surface area (TPSA) is 55.8 Å². The minimum absolute atomic E-state index is 0.128. The molecule has 29 heavy (non-hydrogen) atoms. The summed E-state index contributed by atoms with van der Waals surface area (Å²) in [5, 5.41) is 1.23. The van der Waals surface area contributed by atoms with Gasteiger partial charge in [-0.15, -0.1) is 11.3 Å². The molecule has 1 amide bonds. The molecule has 0 N–H and O–H groups in total. The molecule has 0 radical (unpaired) electrons. The van der Waals surface area contributed by atoms with Crippen LogP contribution in [0.5, 0.6) is 5.75 Å². The number of rotatable bonds is 8. The zero-order valence-electron chi connectivity index (χ0n) is 16.3. The third-order valence-corrected chi connectivity index (χ3v) is 6.07. The van der Waals surface area contributed by atoms with Crippen LogP contribution in [0, 0.1) is 0 Å². The lowest BCUT2D eigenvalue weighted by Crippen LogP contribution is -2.32. The van der Waals surface area contributed by atoms with Gasteiger partial charge >= 0.3 is 5.97 Å². The van der Waals surface area contributed by atoms with Crippen molar-refractivity contribution in [2.24, 2.45) is 0 Å². The number of hydrogen-bond donors (Lipinski definition) is 0. The summed E-state index contributed by atoms with van der Waals surface area (Å²) < 4.78 is 11.2. The second kappa shape index (κ2) is 9.76. The number of halogens is 1. The summed E-state index contributed by atoms with van der Waals surface area (Å²) in [5.41, 5.74) is 0.976. The highest BCUT2D eigenvalue weighted by Gasteiger charge is 2.24. The summed E-state index contributed by atoms with van der Waals surface area (Å²) in [6, 6.07) is 15.2. The van der Waals surface area contributed by atoms with E-state index >= 15 is 0 Å². The van der Waals surface area contributed by atoms with Gasteiger partial charge in [-0.3, -0.25) is 9.59 Å². The van der Waals surface area contributed by atoms with E-state index in [-0.39, 0.29) is 24.8 Å². The fraction of sp³-hybridized carbons (Fsp3) is 0.273. The number of ether oxygens (including phenoxy) is 2. The molecule has 0 unspecified atom stereocenters. The van der Waals surface area contributed by atoms with Crippen LogP contribution in [-0.4, -0.2) is 37.0 Å². The first kappa shape index (κ1) is 21.1. The van der Waals surface area contributed by atoms with Crippen molar-refractivity contribution in [3.05, 3.63) is 64.0 Å². The number of carbonyl (C=O) groups excluding carboxylic acids is 2. The molecule has 5 nitrogen and oxygen atoms in total. The quantitative estimate of drug-likeness (QED) is 0.462. The maximum absolute atomic E-state index is 13.3. The monoisotopic (exact) mass is 431 g/mol. The zero-order chi connectivity index (χ0) is 20.8. The molecular formula is C22H22ClNO4S. The Hall–Kier alpha value is -2.57. The molecule has 0 aliphatic rings. The van der Waals surface area contributed by atoms with E-state index in [2.05, 4.69) is 0 Å². The summed E-state index contributed by atoms with van der Waals surface area (Å²) in [6.45, 7) is 2.71. The molecular weight excluding hydrogens is 410 g/mol. The highest BCUT2D eigenvalue weighted by molar-refractivity contribution is 7.21. The highest BCUT2D eigenvalue weighted by atomic mass is 35.5. The van der Waals surface area contributed by atoms with Crippen molar-refractivity contribution in [2.45, 2.75) is 19.9 Å². The summed E-state index contributed by atoms with van der Waals surface area (Å²) >= 11 is 7.86. The van der Waals surface area contributed by atoms with Crippen LogP contribution in [0.15, 0.2) is 48.5 Å². The van der Waals surface area contributed by atoms with Crippen LogP contribution in [0.1, 0.15) is 28.6 Å². The van der Waals surface area contributed by atoms with Crippen LogP contribution in [0.4, 0.5) is 0 Å². The van der Waals surface area contributed by atoms with Gasteiger partial charge in [-0.2, -0.15) is 0 Å². The third kappa shape index (κ3) is 5.08. The second-order valence-corrected chi connectivity index (χ2v) is 7.80. The number of esters is 1. The molecule has 1 heterocycles. The van der Waals surface area contributed by atoms with Crippen LogP contribution in [0.2, 0.25) is 5.02 Å². The van der Waals surface area contributed by atoms with Crippen LogP contribution < -0.4 is 4.74 Å². The lowest BCUT2D eigenvalue weighted by Gasteiger charge is -2.22. The standard InChI is InChI=1S/C22H22ClNO4S/c1-3-28-19(25)11-12-24(14-15-7-5-4-6-8-15)22(26)21-20(23)17-10-9-16(27-2)13-18(17)29-21/h4-10,13H,3,11-12,14H2,1-2H3. The van der Waals surface area contributed by atoms with E-state index in [1.165, 1.54) is 11.3 Å². The predicted octanol–water partition coefficient (Wildman–Crippen LogP) is 5.16. The van der Waals surface area contributed by atoms with Gasteiger partial charge in [0.25, 0.3) is 5.91 Å². The number of thiophene rings is 1. The predicted molar refractivity (Wildman–Crippen MR) is 116 cm³/mol. The molecule has 152 valence electrons. The first-order valence-electron chi connectivity index (χ1n) is 9.28. The Kier molecular flexibility index (Phi) is 7.12. The average molecular weight is 432 g/mol. The van der Waals surface area contributed by atoms with Gasteiger partial charge in [0.05, 0.1) is 25.2 Å². The number of fused-ring (bicyclic) bond motifs is 1. The van der Waals surface area contributed by atoms with E-state index in [1.54, 1.807) is 18.9 Å². The van der Waals surface area contributed by atoms with Gasteiger partial charge in [-0.1, -0.05) is 41.9 Å². The number of amides is 1. The van der Waals surface area contributed by atoms with Crippen molar-refractivity contribution >= 4 is 44.9 Å². The van der Waals surface area contributed by atoms with Crippen molar-refractivity contribution in [1.29, 1.82) is 0 Å². The van der Waals surface area contributed by atoms with Crippen LogP contribution in [0.25, 0.3) is 10.1 Å². The Morgan fingerprint density at radius 1 is 1.14 bits per heavy atom. The minimum atomic E-state index is -0.328. The number of hydrogen-bond acceptors (Lipinski definition) is 5. The molecule has 0 fully saturated rings.